The Morgan fingerprint density at radius 2 is 1.67 bits per heavy atom. The highest BCUT2D eigenvalue weighted by Crippen LogP contribution is 2.19. The van der Waals surface area contributed by atoms with Gasteiger partial charge in [0, 0.05) is 17.8 Å². The van der Waals surface area contributed by atoms with Gasteiger partial charge in [0.2, 0.25) is 0 Å². The number of benzene rings is 2. The summed E-state index contributed by atoms with van der Waals surface area (Å²) in [5.41, 5.74) is 2.42. The van der Waals surface area contributed by atoms with Crippen LogP contribution >= 0.6 is 0 Å². The van der Waals surface area contributed by atoms with Gasteiger partial charge >= 0.3 is 0 Å². The molecule has 0 bridgehead atoms. The minimum Gasteiger partial charge on any atom is -0.497 e. The van der Waals surface area contributed by atoms with Crippen molar-refractivity contribution in [3.8, 4) is 11.5 Å². The van der Waals surface area contributed by atoms with Gasteiger partial charge in [-0.15, -0.1) is 0 Å². The van der Waals surface area contributed by atoms with Crippen LogP contribution in [0.25, 0.3) is 0 Å². The molecule has 2 aromatic rings. The molecule has 0 aliphatic carbocycles. The highest BCUT2D eigenvalue weighted by Gasteiger charge is 2.04. The Hall–Kier alpha value is -2.16. The van der Waals surface area contributed by atoms with Crippen LogP contribution in [-0.4, -0.2) is 20.3 Å². The quantitative estimate of drug-likeness (QED) is 0.829. The normalized spacial score (nSPS) is 11.8. The number of ether oxygens (including phenoxy) is 2. The molecule has 0 heterocycles. The maximum absolute atomic E-state index is 5.24. The summed E-state index contributed by atoms with van der Waals surface area (Å²) in [6.07, 6.45) is 2.12. The van der Waals surface area contributed by atoms with Gasteiger partial charge in [-0.25, -0.2) is 0 Å². The van der Waals surface area contributed by atoms with E-state index in [2.05, 4.69) is 30.4 Å². The van der Waals surface area contributed by atoms with Gasteiger partial charge in [-0.1, -0.05) is 18.2 Å². The minimum atomic E-state index is 0.402. The predicted molar refractivity (Wildman–Crippen MR) is 87.4 cm³/mol. The van der Waals surface area contributed by atoms with E-state index in [-0.39, 0.29) is 0 Å². The summed E-state index contributed by atoms with van der Waals surface area (Å²) < 4.78 is 10.4. The van der Waals surface area contributed by atoms with Crippen LogP contribution in [0.3, 0.4) is 0 Å². The molecule has 21 heavy (non-hydrogen) atoms. The van der Waals surface area contributed by atoms with Crippen LogP contribution in [0.4, 0.5) is 5.69 Å². The van der Waals surface area contributed by atoms with Crippen LogP contribution in [0.15, 0.2) is 48.5 Å². The smallest absolute Gasteiger partial charge is 0.120 e. The number of aryl methyl sites for hydroxylation is 1. The van der Waals surface area contributed by atoms with Gasteiger partial charge in [0.05, 0.1) is 14.2 Å². The summed E-state index contributed by atoms with van der Waals surface area (Å²) in [6.45, 7) is 2.20. The molecule has 0 aliphatic heterocycles. The van der Waals surface area contributed by atoms with Crippen molar-refractivity contribution in [2.45, 2.75) is 25.8 Å². The highest BCUT2D eigenvalue weighted by molar-refractivity contribution is 5.48. The Labute approximate surface area is 126 Å². The monoisotopic (exact) mass is 285 g/mol. The second-order valence-corrected chi connectivity index (χ2v) is 5.16. The predicted octanol–water partition coefficient (Wildman–Crippen LogP) is 4.14. The van der Waals surface area contributed by atoms with Gasteiger partial charge in [0.15, 0.2) is 0 Å². The summed E-state index contributed by atoms with van der Waals surface area (Å²) >= 11 is 0. The Balaban J connectivity index is 1.84. The molecule has 0 spiro atoms. The Bertz CT molecular complexity index is 551. The third-order valence-electron chi connectivity index (χ3n) is 3.51. The van der Waals surface area contributed by atoms with Crippen molar-refractivity contribution < 1.29 is 9.47 Å². The number of methoxy groups -OCH3 is 2. The molecule has 0 amide bonds. The van der Waals surface area contributed by atoms with Gasteiger partial charge in [0.1, 0.15) is 11.5 Å². The molecule has 0 fully saturated rings. The van der Waals surface area contributed by atoms with Gasteiger partial charge in [-0.3, -0.25) is 0 Å². The first-order valence-electron chi connectivity index (χ1n) is 7.25. The van der Waals surface area contributed by atoms with Crippen molar-refractivity contribution in [3.05, 3.63) is 54.1 Å². The maximum atomic E-state index is 5.24. The molecule has 0 aromatic heterocycles. The van der Waals surface area contributed by atoms with Gasteiger partial charge < -0.3 is 14.8 Å². The average molecular weight is 285 g/mol. The molecule has 3 nitrogen and oxygen atoms in total. The SMILES string of the molecule is COc1ccc(CCC(C)Nc2cccc(OC)c2)cc1. The summed E-state index contributed by atoms with van der Waals surface area (Å²) in [6, 6.07) is 16.7. The van der Waals surface area contributed by atoms with E-state index in [9.17, 15) is 0 Å². The third-order valence-corrected chi connectivity index (χ3v) is 3.51. The second-order valence-electron chi connectivity index (χ2n) is 5.16. The largest absolute Gasteiger partial charge is 0.497 e. The van der Waals surface area contributed by atoms with Gasteiger partial charge in [-0.2, -0.15) is 0 Å². The van der Waals surface area contributed by atoms with Crippen LogP contribution < -0.4 is 14.8 Å². The Morgan fingerprint density at radius 3 is 2.33 bits per heavy atom. The lowest BCUT2D eigenvalue weighted by Gasteiger charge is -2.16. The van der Waals surface area contributed by atoms with Gasteiger partial charge in [-0.05, 0) is 49.6 Å². The zero-order valence-corrected chi connectivity index (χ0v) is 12.9. The maximum Gasteiger partial charge on any atom is 0.120 e. The van der Waals surface area contributed by atoms with E-state index in [1.54, 1.807) is 14.2 Å². The molecule has 2 rings (SSSR count). The first-order valence-corrected chi connectivity index (χ1v) is 7.25. The van der Waals surface area contributed by atoms with Crippen LogP contribution in [0.1, 0.15) is 18.9 Å². The summed E-state index contributed by atoms with van der Waals surface area (Å²) in [5, 5.41) is 3.50. The van der Waals surface area contributed by atoms with E-state index < -0.39 is 0 Å². The first kappa shape index (κ1) is 15.2. The molecule has 0 radical (unpaired) electrons. The van der Waals surface area contributed by atoms with E-state index in [1.165, 1.54) is 5.56 Å². The topological polar surface area (TPSA) is 30.5 Å². The van der Waals surface area contributed by atoms with E-state index in [4.69, 9.17) is 9.47 Å². The first-order chi connectivity index (χ1) is 10.2. The van der Waals surface area contributed by atoms with Crippen molar-refractivity contribution in [2.24, 2.45) is 0 Å². The van der Waals surface area contributed by atoms with Crippen LogP contribution in [0, 0.1) is 0 Å². The molecule has 0 saturated carbocycles. The Morgan fingerprint density at radius 1 is 0.952 bits per heavy atom. The molecule has 112 valence electrons. The van der Waals surface area contributed by atoms with E-state index in [0.29, 0.717) is 6.04 Å². The van der Waals surface area contributed by atoms with Crippen LogP contribution in [0.5, 0.6) is 11.5 Å². The molecule has 1 N–H and O–H groups in total. The summed E-state index contributed by atoms with van der Waals surface area (Å²) in [7, 11) is 3.38. The fourth-order valence-electron chi connectivity index (χ4n) is 2.24. The molecular formula is C18H23NO2. The average Bonchev–Trinajstić information content (AvgIpc) is 2.53. The molecule has 1 unspecified atom stereocenters. The number of nitrogens with one attached hydrogen (secondary N) is 1. The lowest BCUT2D eigenvalue weighted by Crippen LogP contribution is -2.15. The van der Waals surface area contributed by atoms with Crippen molar-refractivity contribution >= 4 is 5.69 Å². The molecular weight excluding hydrogens is 262 g/mol. The molecule has 0 aliphatic rings. The zero-order chi connectivity index (χ0) is 15.1. The molecule has 1 atom stereocenters. The van der Waals surface area contributed by atoms with Crippen molar-refractivity contribution in [1.29, 1.82) is 0 Å². The van der Waals surface area contributed by atoms with Crippen molar-refractivity contribution in [1.82, 2.24) is 0 Å². The minimum absolute atomic E-state index is 0.402. The second kappa shape index (κ2) is 7.58. The zero-order valence-electron chi connectivity index (χ0n) is 12.9. The standard InChI is InChI=1S/C18H23NO2/c1-14(19-16-5-4-6-18(13-16)21-3)7-8-15-9-11-17(20-2)12-10-15/h4-6,9-14,19H,7-8H2,1-3H3. The highest BCUT2D eigenvalue weighted by atomic mass is 16.5. The fourth-order valence-corrected chi connectivity index (χ4v) is 2.24. The molecule has 3 heteroatoms. The summed E-state index contributed by atoms with van der Waals surface area (Å²) in [5.74, 6) is 1.78. The van der Waals surface area contributed by atoms with E-state index in [1.807, 2.05) is 30.3 Å². The fraction of sp³-hybridized carbons (Fsp3) is 0.333. The molecule has 0 saturated heterocycles. The third kappa shape index (κ3) is 4.71. The lowest BCUT2D eigenvalue weighted by atomic mass is 10.1. The van der Waals surface area contributed by atoms with Crippen molar-refractivity contribution in [3.63, 3.8) is 0 Å². The number of anilines is 1. The van der Waals surface area contributed by atoms with Crippen LogP contribution in [-0.2, 0) is 6.42 Å². The van der Waals surface area contributed by atoms with E-state index >= 15 is 0 Å². The van der Waals surface area contributed by atoms with Crippen molar-refractivity contribution in [2.75, 3.05) is 19.5 Å². The number of rotatable bonds is 7. The number of hydrogen-bond donors (Lipinski definition) is 1. The molecule has 2 aromatic carbocycles. The summed E-state index contributed by atoms with van der Waals surface area (Å²) in [4.78, 5) is 0. The van der Waals surface area contributed by atoms with E-state index in [0.717, 1.165) is 30.0 Å². The number of hydrogen-bond acceptors (Lipinski definition) is 3. The van der Waals surface area contributed by atoms with Crippen LogP contribution in [0.2, 0.25) is 0 Å². The van der Waals surface area contributed by atoms with Gasteiger partial charge in [0.25, 0.3) is 0 Å². The Kier molecular flexibility index (Phi) is 5.50. The lowest BCUT2D eigenvalue weighted by molar-refractivity contribution is 0.414.